The summed E-state index contributed by atoms with van der Waals surface area (Å²) in [5.41, 5.74) is 1.19. The summed E-state index contributed by atoms with van der Waals surface area (Å²) in [5, 5.41) is 9.14. The van der Waals surface area contributed by atoms with Gasteiger partial charge in [0.1, 0.15) is 0 Å². The van der Waals surface area contributed by atoms with Crippen LogP contribution >= 0.6 is 0 Å². The van der Waals surface area contributed by atoms with Crippen molar-refractivity contribution < 1.29 is 9.84 Å². The van der Waals surface area contributed by atoms with Crippen molar-refractivity contribution in [1.29, 1.82) is 0 Å². The minimum atomic E-state index is -0.569. The normalized spacial score (nSPS) is 27.2. The molecule has 74 valence electrons. The standard InChI is InChI=1S/C12H14O2/c13-12-8-11(9-14-12)7-6-10-4-2-1-3-5-10/h1-7,11-13H,8-9H2/b7-6+/t11-,12?/m1/s1. The molecular weight excluding hydrogens is 176 g/mol. The monoisotopic (exact) mass is 190 g/mol. The van der Waals surface area contributed by atoms with Gasteiger partial charge in [0.2, 0.25) is 0 Å². The third kappa shape index (κ3) is 2.44. The summed E-state index contributed by atoms with van der Waals surface area (Å²) in [6.07, 6.45) is 4.32. The van der Waals surface area contributed by atoms with Gasteiger partial charge in [-0.1, -0.05) is 42.5 Å². The number of aliphatic hydroxyl groups excluding tert-OH is 1. The Bertz CT molecular complexity index is 305. The van der Waals surface area contributed by atoms with E-state index in [2.05, 4.69) is 24.3 Å². The predicted molar refractivity (Wildman–Crippen MR) is 55.5 cm³/mol. The summed E-state index contributed by atoms with van der Waals surface area (Å²) >= 11 is 0. The summed E-state index contributed by atoms with van der Waals surface area (Å²) in [6, 6.07) is 10.1. The Morgan fingerprint density at radius 3 is 2.71 bits per heavy atom. The highest BCUT2D eigenvalue weighted by molar-refractivity contribution is 5.49. The van der Waals surface area contributed by atoms with Crippen LogP contribution in [0.1, 0.15) is 12.0 Å². The molecule has 1 unspecified atom stereocenters. The average molecular weight is 190 g/mol. The smallest absolute Gasteiger partial charge is 0.155 e. The zero-order valence-corrected chi connectivity index (χ0v) is 7.97. The van der Waals surface area contributed by atoms with Crippen LogP contribution < -0.4 is 0 Å². The van der Waals surface area contributed by atoms with E-state index in [0.29, 0.717) is 18.9 Å². The lowest BCUT2D eigenvalue weighted by Crippen LogP contribution is -2.00. The highest BCUT2D eigenvalue weighted by Gasteiger charge is 2.20. The molecule has 0 spiro atoms. The van der Waals surface area contributed by atoms with Crippen LogP contribution in [-0.4, -0.2) is 18.0 Å². The van der Waals surface area contributed by atoms with Gasteiger partial charge >= 0.3 is 0 Å². The maximum absolute atomic E-state index is 9.14. The van der Waals surface area contributed by atoms with Crippen molar-refractivity contribution in [3.05, 3.63) is 42.0 Å². The minimum absolute atomic E-state index is 0.352. The summed E-state index contributed by atoms with van der Waals surface area (Å²) in [5.74, 6) is 0.352. The van der Waals surface area contributed by atoms with Crippen molar-refractivity contribution in [2.75, 3.05) is 6.61 Å². The summed E-state index contributed by atoms with van der Waals surface area (Å²) in [7, 11) is 0. The fourth-order valence-electron chi connectivity index (χ4n) is 1.58. The summed E-state index contributed by atoms with van der Waals surface area (Å²) in [4.78, 5) is 0. The van der Waals surface area contributed by atoms with Gasteiger partial charge in [-0.05, 0) is 5.56 Å². The van der Waals surface area contributed by atoms with E-state index in [1.54, 1.807) is 0 Å². The number of rotatable bonds is 2. The molecule has 1 aliphatic rings. The Kier molecular flexibility index (Phi) is 2.96. The van der Waals surface area contributed by atoms with E-state index < -0.39 is 6.29 Å². The molecular formula is C12H14O2. The van der Waals surface area contributed by atoms with E-state index in [0.717, 1.165) is 0 Å². The quantitative estimate of drug-likeness (QED) is 0.773. The molecule has 0 aromatic heterocycles. The summed E-state index contributed by atoms with van der Waals surface area (Å²) in [6.45, 7) is 0.629. The first-order chi connectivity index (χ1) is 6.84. The first kappa shape index (κ1) is 9.44. The molecule has 0 saturated carbocycles. The summed E-state index contributed by atoms with van der Waals surface area (Å²) < 4.78 is 5.06. The first-order valence-electron chi connectivity index (χ1n) is 4.87. The van der Waals surface area contributed by atoms with Crippen LogP contribution in [0.3, 0.4) is 0 Å². The van der Waals surface area contributed by atoms with Crippen LogP contribution in [0.25, 0.3) is 6.08 Å². The zero-order valence-electron chi connectivity index (χ0n) is 7.97. The van der Waals surface area contributed by atoms with Crippen LogP contribution in [0.5, 0.6) is 0 Å². The molecule has 1 saturated heterocycles. The molecule has 0 bridgehead atoms. The van der Waals surface area contributed by atoms with E-state index in [1.165, 1.54) is 5.56 Å². The molecule has 1 fully saturated rings. The van der Waals surface area contributed by atoms with Crippen LogP contribution in [0.4, 0.5) is 0 Å². The molecule has 0 aliphatic carbocycles. The Balaban J connectivity index is 1.94. The molecule has 1 aromatic rings. The molecule has 1 aromatic carbocycles. The van der Waals surface area contributed by atoms with E-state index in [1.807, 2.05) is 18.2 Å². The van der Waals surface area contributed by atoms with E-state index >= 15 is 0 Å². The second kappa shape index (κ2) is 4.40. The van der Waals surface area contributed by atoms with Crippen LogP contribution in [0, 0.1) is 5.92 Å². The van der Waals surface area contributed by atoms with Crippen LogP contribution in [0.15, 0.2) is 36.4 Å². The predicted octanol–water partition coefficient (Wildman–Crippen LogP) is 2.05. The molecule has 1 N–H and O–H groups in total. The Labute approximate surface area is 83.8 Å². The molecule has 0 amide bonds. The molecule has 2 rings (SSSR count). The molecule has 1 aliphatic heterocycles. The first-order valence-corrected chi connectivity index (χ1v) is 4.87. The maximum Gasteiger partial charge on any atom is 0.155 e. The van der Waals surface area contributed by atoms with Crippen LogP contribution in [0.2, 0.25) is 0 Å². The highest BCUT2D eigenvalue weighted by atomic mass is 16.6. The maximum atomic E-state index is 9.14. The SMILES string of the molecule is OC1C[C@@H](/C=C/c2ccccc2)CO1. The lowest BCUT2D eigenvalue weighted by Gasteiger charge is -1.98. The molecule has 0 radical (unpaired) electrons. The lowest BCUT2D eigenvalue weighted by atomic mass is 10.1. The fraction of sp³-hybridized carbons (Fsp3) is 0.333. The van der Waals surface area contributed by atoms with Crippen molar-refractivity contribution in [1.82, 2.24) is 0 Å². The number of hydrogen-bond donors (Lipinski definition) is 1. The van der Waals surface area contributed by atoms with E-state index in [4.69, 9.17) is 9.84 Å². The van der Waals surface area contributed by atoms with Gasteiger partial charge in [0, 0.05) is 12.3 Å². The number of ether oxygens (including phenoxy) is 1. The van der Waals surface area contributed by atoms with E-state index in [-0.39, 0.29) is 0 Å². The zero-order chi connectivity index (χ0) is 9.80. The van der Waals surface area contributed by atoms with Gasteiger partial charge in [-0.3, -0.25) is 0 Å². The lowest BCUT2D eigenvalue weighted by molar-refractivity contribution is -0.0590. The molecule has 2 nitrogen and oxygen atoms in total. The third-order valence-electron chi connectivity index (χ3n) is 2.37. The van der Waals surface area contributed by atoms with Gasteiger partial charge in [0.25, 0.3) is 0 Å². The van der Waals surface area contributed by atoms with E-state index in [9.17, 15) is 0 Å². The second-order valence-corrected chi connectivity index (χ2v) is 3.55. The Morgan fingerprint density at radius 2 is 2.07 bits per heavy atom. The Hall–Kier alpha value is -1.12. The third-order valence-corrected chi connectivity index (χ3v) is 2.37. The molecule has 2 atom stereocenters. The minimum Gasteiger partial charge on any atom is -0.368 e. The number of benzene rings is 1. The van der Waals surface area contributed by atoms with Crippen molar-refractivity contribution in [2.24, 2.45) is 5.92 Å². The van der Waals surface area contributed by atoms with Crippen molar-refractivity contribution in [2.45, 2.75) is 12.7 Å². The molecule has 1 heterocycles. The Morgan fingerprint density at radius 1 is 1.29 bits per heavy atom. The van der Waals surface area contributed by atoms with Crippen molar-refractivity contribution in [3.8, 4) is 0 Å². The van der Waals surface area contributed by atoms with Gasteiger partial charge in [-0.15, -0.1) is 0 Å². The highest BCUT2D eigenvalue weighted by Crippen LogP contribution is 2.19. The number of aliphatic hydroxyl groups is 1. The van der Waals surface area contributed by atoms with Gasteiger partial charge in [0.15, 0.2) is 6.29 Å². The topological polar surface area (TPSA) is 29.5 Å². The van der Waals surface area contributed by atoms with Gasteiger partial charge in [-0.25, -0.2) is 0 Å². The van der Waals surface area contributed by atoms with Crippen molar-refractivity contribution in [3.63, 3.8) is 0 Å². The van der Waals surface area contributed by atoms with Gasteiger partial charge in [0.05, 0.1) is 6.61 Å². The van der Waals surface area contributed by atoms with Gasteiger partial charge in [-0.2, -0.15) is 0 Å². The largest absolute Gasteiger partial charge is 0.368 e. The second-order valence-electron chi connectivity index (χ2n) is 3.55. The average Bonchev–Trinajstić information content (AvgIpc) is 2.63. The molecule has 2 heteroatoms. The number of hydrogen-bond acceptors (Lipinski definition) is 2. The van der Waals surface area contributed by atoms with Crippen molar-refractivity contribution >= 4 is 6.08 Å². The fourth-order valence-corrected chi connectivity index (χ4v) is 1.58. The van der Waals surface area contributed by atoms with Crippen LogP contribution in [-0.2, 0) is 4.74 Å². The van der Waals surface area contributed by atoms with Gasteiger partial charge < -0.3 is 9.84 Å². The molecule has 14 heavy (non-hydrogen) atoms.